The Labute approximate surface area is 78.2 Å². The van der Waals surface area contributed by atoms with E-state index in [0.29, 0.717) is 17.1 Å². The fourth-order valence-corrected chi connectivity index (χ4v) is 1.49. The molecule has 72 valence electrons. The number of rotatable bonds is 3. The lowest BCUT2D eigenvalue weighted by Crippen LogP contribution is -2.35. The Hall–Kier alpha value is -1.18. The molecular weight excluding hydrogens is 194 g/mol. The number of amides is 1. The number of anilines is 1. The molecule has 0 saturated heterocycles. The highest BCUT2D eigenvalue weighted by Gasteiger charge is 2.13. The molecule has 0 aliphatic rings. The molecule has 0 unspecified atom stereocenters. The summed E-state index contributed by atoms with van der Waals surface area (Å²) in [5.74, 6) is 5.17. The summed E-state index contributed by atoms with van der Waals surface area (Å²) < 4.78 is 0. The number of aromatic nitrogens is 1. The van der Waals surface area contributed by atoms with Crippen LogP contribution in [0, 0.1) is 0 Å². The third kappa shape index (κ3) is 2.38. The average Bonchev–Trinajstić information content (AvgIpc) is 2.52. The van der Waals surface area contributed by atoms with Gasteiger partial charge < -0.3 is 10.2 Å². The van der Waals surface area contributed by atoms with E-state index >= 15 is 0 Å². The van der Waals surface area contributed by atoms with E-state index in [1.54, 1.807) is 5.38 Å². The predicted molar refractivity (Wildman–Crippen MR) is 47.6 cm³/mol. The summed E-state index contributed by atoms with van der Waals surface area (Å²) in [7, 11) is 0. The second-order valence-electron chi connectivity index (χ2n) is 2.25. The Morgan fingerprint density at radius 2 is 2.46 bits per heavy atom. The number of nitrogens with two attached hydrogens (primary N) is 1. The van der Waals surface area contributed by atoms with Gasteiger partial charge in [0.25, 0.3) is 0 Å². The van der Waals surface area contributed by atoms with Crippen molar-refractivity contribution in [2.45, 2.75) is 6.42 Å². The maximum absolute atomic E-state index is 10.4. The zero-order valence-corrected chi connectivity index (χ0v) is 7.49. The molecule has 0 spiro atoms. The summed E-state index contributed by atoms with van der Waals surface area (Å²) >= 11 is 1.12. The molecule has 1 heterocycles. The smallest absolute Gasteiger partial charge is 0.428 e. The van der Waals surface area contributed by atoms with E-state index < -0.39 is 6.09 Å². The Kier molecular flexibility index (Phi) is 3.18. The minimum atomic E-state index is -1.26. The SMILES string of the molecule is NN(C(=O)O)c1nc(CCO)cs1. The molecule has 0 saturated carbocycles. The molecule has 7 heteroatoms. The number of nitrogens with zero attached hydrogens (tertiary/aromatic N) is 2. The summed E-state index contributed by atoms with van der Waals surface area (Å²) in [5.41, 5.74) is 0.638. The average molecular weight is 203 g/mol. The van der Waals surface area contributed by atoms with Gasteiger partial charge in [0.1, 0.15) is 0 Å². The van der Waals surface area contributed by atoms with Crippen LogP contribution in [0.25, 0.3) is 0 Å². The van der Waals surface area contributed by atoms with Gasteiger partial charge in [0.2, 0.25) is 5.13 Å². The van der Waals surface area contributed by atoms with E-state index in [-0.39, 0.29) is 11.7 Å². The van der Waals surface area contributed by atoms with Gasteiger partial charge in [-0.1, -0.05) is 0 Å². The molecule has 1 aromatic rings. The van der Waals surface area contributed by atoms with Crippen LogP contribution in [0.5, 0.6) is 0 Å². The first-order valence-corrected chi connectivity index (χ1v) is 4.36. The number of hydrogen-bond donors (Lipinski definition) is 3. The van der Waals surface area contributed by atoms with E-state index in [4.69, 9.17) is 16.1 Å². The molecule has 0 aromatic carbocycles. The summed E-state index contributed by atoms with van der Waals surface area (Å²) in [5, 5.41) is 19.5. The number of carbonyl (C=O) groups is 1. The van der Waals surface area contributed by atoms with Gasteiger partial charge >= 0.3 is 6.09 Å². The summed E-state index contributed by atoms with van der Waals surface area (Å²) in [6.45, 7) is -0.0131. The Morgan fingerprint density at radius 3 is 3.00 bits per heavy atom. The van der Waals surface area contributed by atoms with Crippen molar-refractivity contribution in [3.63, 3.8) is 0 Å². The van der Waals surface area contributed by atoms with E-state index in [1.165, 1.54) is 0 Å². The van der Waals surface area contributed by atoms with Crippen molar-refractivity contribution in [1.82, 2.24) is 4.98 Å². The zero-order chi connectivity index (χ0) is 9.84. The quantitative estimate of drug-likeness (QED) is 0.366. The van der Waals surface area contributed by atoms with Gasteiger partial charge in [0, 0.05) is 18.4 Å². The van der Waals surface area contributed by atoms with Gasteiger partial charge in [-0.25, -0.2) is 15.6 Å². The van der Waals surface area contributed by atoms with Crippen LogP contribution >= 0.6 is 11.3 Å². The zero-order valence-electron chi connectivity index (χ0n) is 6.67. The van der Waals surface area contributed by atoms with Gasteiger partial charge in [-0.15, -0.1) is 11.3 Å². The molecule has 0 bridgehead atoms. The minimum absolute atomic E-state index is 0.0131. The molecule has 0 radical (unpaired) electrons. The van der Waals surface area contributed by atoms with E-state index in [2.05, 4.69) is 4.98 Å². The summed E-state index contributed by atoms with van der Waals surface area (Å²) in [4.78, 5) is 14.3. The van der Waals surface area contributed by atoms with Crippen LogP contribution in [0.15, 0.2) is 5.38 Å². The Bertz CT molecular complexity index is 301. The first-order valence-electron chi connectivity index (χ1n) is 3.48. The van der Waals surface area contributed by atoms with Crippen LogP contribution in [0.1, 0.15) is 5.69 Å². The van der Waals surface area contributed by atoms with Gasteiger partial charge in [0.05, 0.1) is 5.69 Å². The van der Waals surface area contributed by atoms with Crippen molar-refractivity contribution < 1.29 is 15.0 Å². The lowest BCUT2D eigenvalue weighted by Gasteiger charge is -2.06. The van der Waals surface area contributed by atoms with Crippen LogP contribution in [0.2, 0.25) is 0 Å². The number of hydrogen-bond acceptors (Lipinski definition) is 5. The van der Waals surface area contributed by atoms with Crippen molar-refractivity contribution in [1.29, 1.82) is 0 Å². The highest BCUT2D eigenvalue weighted by molar-refractivity contribution is 7.13. The third-order valence-corrected chi connectivity index (χ3v) is 2.21. The third-order valence-electron chi connectivity index (χ3n) is 1.32. The molecule has 0 aliphatic heterocycles. The van der Waals surface area contributed by atoms with E-state index in [9.17, 15) is 4.79 Å². The highest BCUT2D eigenvalue weighted by Crippen LogP contribution is 2.18. The van der Waals surface area contributed by atoms with Gasteiger partial charge in [0.15, 0.2) is 0 Å². The molecule has 4 N–H and O–H groups in total. The van der Waals surface area contributed by atoms with Crippen molar-refractivity contribution >= 4 is 22.6 Å². The number of thiazole rings is 1. The largest absolute Gasteiger partial charge is 0.464 e. The second kappa shape index (κ2) is 4.17. The van der Waals surface area contributed by atoms with E-state index in [1.807, 2.05) is 0 Å². The topological polar surface area (TPSA) is 99.7 Å². The van der Waals surface area contributed by atoms with E-state index in [0.717, 1.165) is 11.3 Å². The molecule has 1 amide bonds. The number of aliphatic hydroxyl groups excluding tert-OH is 1. The Balaban J connectivity index is 2.73. The molecule has 1 aromatic heterocycles. The lowest BCUT2D eigenvalue weighted by molar-refractivity contribution is 0.202. The number of hydrazine groups is 1. The van der Waals surface area contributed by atoms with Crippen molar-refractivity contribution in [2.75, 3.05) is 11.6 Å². The lowest BCUT2D eigenvalue weighted by atomic mass is 10.4. The second-order valence-corrected chi connectivity index (χ2v) is 3.08. The summed E-state index contributed by atoms with van der Waals surface area (Å²) in [6.07, 6.45) is -0.853. The maximum atomic E-state index is 10.4. The molecule has 6 nitrogen and oxygen atoms in total. The monoisotopic (exact) mass is 203 g/mol. The Morgan fingerprint density at radius 1 is 1.77 bits per heavy atom. The number of aliphatic hydroxyl groups is 1. The van der Waals surface area contributed by atoms with Gasteiger partial charge in [-0.05, 0) is 0 Å². The molecule has 0 atom stereocenters. The van der Waals surface area contributed by atoms with Crippen molar-refractivity contribution in [2.24, 2.45) is 5.84 Å². The van der Waals surface area contributed by atoms with Crippen LogP contribution in [0.4, 0.5) is 9.93 Å². The van der Waals surface area contributed by atoms with Crippen LogP contribution in [-0.4, -0.2) is 27.9 Å². The normalized spacial score (nSPS) is 10.0. The van der Waals surface area contributed by atoms with Crippen molar-refractivity contribution in [3.8, 4) is 0 Å². The first kappa shape index (κ1) is 9.90. The predicted octanol–water partition coefficient (Wildman–Crippen LogP) is 0.0360. The van der Waals surface area contributed by atoms with Crippen LogP contribution in [0.3, 0.4) is 0 Å². The molecule has 0 fully saturated rings. The fourth-order valence-electron chi connectivity index (χ4n) is 0.718. The molecule has 0 aliphatic carbocycles. The standard InChI is InChI=1S/C6H9N3O3S/c7-9(6(11)12)5-8-4(1-2-10)3-13-5/h3,10H,1-2,7H2,(H,11,12). The van der Waals surface area contributed by atoms with Crippen LogP contribution in [-0.2, 0) is 6.42 Å². The van der Waals surface area contributed by atoms with Gasteiger partial charge in [-0.3, -0.25) is 0 Å². The van der Waals surface area contributed by atoms with Gasteiger partial charge in [-0.2, -0.15) is 5.01 Å². The first-order chi connectivity index (χ1) is 6.15. The molecule has 1 rings (SSSR count). The molecule has 13 heavy (non-hydrogen) atoms. The fraction of sp³-hybridized carbons (Fsp3) is 0.333. The highest BCUT2D eigenvalue weighted by atomic mass is 32.1. The maximum Gasteiger partial charge on any atom is 0.428 e. The van der Waals surface area contributed by atoms with Crippen molar-refractivity contribution in [3.05, 3.63) is 11.1 Å². The van der Waals surface area contributed by atoms with Crippen LogP contribution < -0.4 is 10.9 Å². The minimum Gasteiger partial charge on any atom is -0.464 e. The molecular formula is C6H9N3O3S. The summed E-state index contributed by atoms with van der Waals surface area (Å²) in [6, 6.07) is 0. The number of carboxylic acid groups (broad SMARTS) is 1.